The first-order valence-electron chi connectivity index (χ1n) is 12.8. The summed E-state index contributed by atoms with van der Waals surface area (Å²) in [6, 6.07) is 24.0. The van der Waals surface area contributed by atoms with Crippen molar-refractivity contribution in [3.05, 3.63) is 124 Å². The Kier molecular flexibility index (Phi) is 8.50. The third-order valence-corrected chi connectivity index (χ3v) is 6.58. The van der Waals surface area contributed by atoms with Crippen molar-refractivity contribution in [3.63, 3.8) is 0 Å². The second kappa shape index (κ2) is 12.6. The van der Waals surface area contributed by atoms with Crippen LogP contribution in [0.5, 0.6) is 17.2 Å². The van der Waals surface area contributed by atoms with Crippen LogP contribution in [-0.2, 0) is 22.8 Å². The van der Waals surface area contributed by atoms with Crippen LogP contribution in [0.25, 0.3) is 6.08 Å². The zero-order chi connectivity index (χ0) is 29.6. The molecule has 0 radical (unpaired) electrons. The molecule has 0 unspecified atom stereocenters. The number of benzene rings is 4. The highest BCUT2D eigenvalue weighted by Crippen LogP contribution is 2.38. The summed E-state index contributed by atoms with van der Waals surface area (Å²) < 4.78 is 30.2. The van der Waals surface area contributed by atoms with Crippen LogP contribution in [0.15, 0.2) is 96.6 Å². The smallest absolute Gasteiger partial charge is 0.335 e. The van der Waals surface area contributed by atoms with Crippen LogP contribution >= 0.6 is 11.6 Å². The molecule has 1 aliphatic heterocycles. The number of anilines is 1. The van der Waals surface area contributed by atoms with Crippen molar-refractivity contribution < 1.29 is 33.0 Å². The maximum absolute atomic E-state index is 13.4. The van der Waals surface area contributed by atoms with Gasteiger partial charge in [0.1, 0.15) is 30.4 Å². The number of hydrogen-bond donors (Lipinski definition) is 1. The summed E-state index contributed by atoms with van der Waals surface area (Å²) in [5, 5.41) is 2.36. The van der Waals surface area contributed by atoms with Gasteiger partial charge in [-0.15, -0.1) is 0 Å². The Balaban J connectivity index is 1.34. The summed E-state index contributed by atoms with van der Waals surface area (Å²) in [4.78, 5) is 39.6. The Bertz CT molecular complexity index is 1660. The largest absolute Gasteiger partial charge is 0.493 e. The van der Waals surface area contributed by atoms with Crippen LogP contribution < -0.4 is 24.4 Å². The first-order valence-corrected chi connectivity index (χ1v) is 13.1. The van der Waals surface area contributed by atoms with E-state index in [-0.39, 0.29) is 40.2 Å². The predicted octanol–water partition coefficient (Wildman–Crippen LogP) is 6.31. The van der Waals surface area contributed by atoms with E-state index in [9.17, 15) is 18.8 Å². The van der Waals surface area contributed by atoms with E-state index in [2.05, 4.69) is 5.32 Å². The highest BCUT2D eigenvalue weighted by molar-refractivity contribution is 6.39. The number of amides is 4. The van der Waals surface area contributed by atoms with E-state index in [0.717, 1.165) is 10.5 Å². The van der Waals surface area contributed by atoms with Crippen LogP contribution in [-0.4, -0.2) is 25.0 Å². The average Bonchev–Trinajstić information content (AvgIpc) is 2.99. The Labute approximate surface area is 245 Å². The normalized spacial score (nSPS) is 14.1. The van der Waals surface area contributed by atoms with E-state index in [1.807, 2.05) is 30.3 Å². The molecular weight excluding hydrogens is 563 g/mol. The lowest BCUT2D eigenvalue weighted by Gasteiger charge is -2.26. The molecule has 0 aromatic heterocycles. The van der Waals surface area contributed by atoms with Gasteiger partial charge in [0.2, 0.25) is 0 Å². The summed E-state index contributed by atoms with van der Waals surface area (Å²) in [5.41, 5.74) is 2.04. The number of nitrogens with zero attached hydrogens (tertiary/aromatic N) is 1. The number of imide groups is 2. The SMILES string of the molecule is COc1cc(/C=C2\C(=O)NC(=O)N(c3ccc(OCc4ccccc4)cc3)C2=O)cc(Cl)c1OCc1ccc(F)cc1. The lowest BCUT2D eigenvalue weighted by Crippen LogP contribution is -2.54. The van der Waals surface area contributed by atoms with Crippen molar-refractivity contribution in [1.29, 1.82) is 0 Å². The first-order chi connectivity index (χ1) is 20.3. The summed E-state index contributed by atoms with van der Waals surface area (Å²) in [7, 11) is 1.42. The molecule has 4 aromatic carbocycles. The molecule has 10 heteroatoms. The van der Waals surface area contributed by atoms with Gasteiger partial charge in [0.15, 0.2) is 11.5 Å². The maximum Gasteiger partial charge on any atom is 0.335 e. The van der Waals surface area contributed by atoms with E-state index in [0.29, 0.717) is 23.5 Å². The molecule has 5 rings (SSSR count). The summed E-state index contributed by atoms with van der Waals surface area (Å²) in [6.45, 7) is 0.456. The van der Waals surface area contributed by atoms with Crippen molar-refractivity contribution in [1.82, 2.24) is 5.32 Å². The first kappa shape index (κ1) is 28.4. The highest BCUT2D eigenvalue weighted by atomic mass is 35.5. The summed E-state index contributed by atoms with van der Waals surface area (Å²) in [6.07, 6.45) is 1.31. The Morgan fingerprint density at radius 2 is 1.52 bits per heavy atom. The number of barbiturate groups is 1. The minimum absolute atomic E-state index is 0.102. The number of nitrogens with one attached hydrogen (secondary N) is 1. The van der Waals surface area contributed by atoms with Crippen LogP contribution in [0.2, 0.25) is 5.02 Å². The molecule has 1 saturated heterocycles. The Morgan fingerprint density at radius 1 is 0.857 bits per heavy atom. The van der Waals surface area contributed by atoms with Crippen LogP contribution in [0, 0.1) is 5.82 Å². The molecule has 1 N–H and O–H groups in total. The summed E-state index contributed by atoms with van der Waals surface area (Å²) in [5.74, 6) is -0.999. The molecule has 8 nitrogen and oxygen atoms in total. The maximum atomic E-state index is 13.4. The third-order valence-electron chi connectivity index (χ3n) is 6.30. The standard InChI is InChI=1S/C32H24ClFN2O6/c1-40-28-17-22(16-27(33)29(28)42-19-21-7-9-23(34)10-8-21)15-26-30(37)35-32(39)36(31(26)38)24-11-13-25(14-12-24)41-18-20-5-3-2-4-6-20/h2-17H,18-19H2,1H3,(H,35,37,39)/b26-15+. The van der Waals surface area contributed by atoms with Gasteiger partial charge in [-0.1, -0.05) is 54.1 Å². The average molecular weight is 587 g/mol. The molecule has 0 spiro atoms. The Morgan fingerprint density at radius 3 is 2.21 bits per heavy atom. The van der Waals surface area contributed by atoms with Gasteiger partial charge < -0.3 is 14.2 Å². The second-order valence-electron chi connectivity index (χ2n) is 9.18. The molecule has 0 saturated carbocycles. The van der Waals surface area contributed by atoms with E-state index in [1.165, 1.54) is 31.4 Å². The molecule has 0 atom stereocenters. The number of carbonyl (C=O) groups excluding carboxylic acids is 3. The molecule has 42 heavy (non-hydrogen) atoms. The number of halogens is 2. The van der Waals surface area contributed by atoms with Crippen molar-refractivity contribution in [3.8, 4) is 17.2 Å². The van der Waals surface area contributed by atoms with Crippen LogP contribution in [0.1, 0.15) is 16.7 Å². The van der Waals surface area contributed by atoms with E-state index < -0.39 is 17.8 Å². The van der Waals surface area contributed by atoms with Crippen molar-refractivity contribution in [2.24, 2.45) is 0 Å². The van der Waals surface area contributed by atoms with Gasteiger partial charge in [-0.25, -0.2) is 14.1 Å². The van der Waals surface area contributed by atoms with Gasteiger partial charge in [-0.3, -0.25) is 14.9 Å². The van der Waals surface area contributed by atoms with Crippen molar-refractivity contribution in [2.45, 2.75) is 13.2 Å². The molecule has 1 heterocycles. The van der Waals surface area contributed by atoms with Crippen LogP contribution in [0.4, 0.5) is 14.9 Å². The van der Waals surface area contributed by atoms with Crippen LogP contribution in [0.3, 0.4) is 0 Å². The van der Waals surface area contributed by atoms with Gasteiger partial charge in [0.25, 0.3) is 11.8 Å². The predicted molar refractivity (Wildman–Crippen MR) is 155 cm³/mol. The number of methoxy groups -OCH3 is 1. The molecule has 0 aliphatic carbocycles. The quantitative estimate of drug-likeness (QED) is 0.182. The van der Waals surface area contributed by atoms with Gasteiger partial charge in [0.05, 0.1) is 17.8 Å². The third kappa shape index (κ3) is 6.42. The van der Waals surface area contributed by atoms with E-state index in [4.69, 9.17) is 25.8 Å². The fraction of sp³-hybridized carbons (Fsp3) is 0.0938. The van der Waals surface area contributed by atoms with Gasteiger partial charge in [0, 0.05) is 0 Å². The lowest BCUT2D eigenvalue weighted by atomic mass is 10.1. The van der Waals surface area contributed by atoms with Gasteiger partial charge in [-0.05, 0) is 71.3 Å². The minimum Gasteiger partial charge on any atom is -0.493 e. The minimum atomic E-state index is -0.875. The van der Waals surface area contributed by atoms with E-state index >= 15 is 0 Å². The number of hydrogen-bond acceptors (Lipinski definition) is 6. The van der Waals surface area contributed by atoms with Crippen molar-refractivity contribution >= 4 is 41.2 Å². The number of urea groups is 1. The lowest BCUT2D eigenvalue weighted by molar-refractivity contribution is -0.122. The zero-order valence-corrected chi connectivity index (χ0v) is 23.1. The fourth-order valence-corrected chi connectivity index (χ4v) is 4.46. The zero-order valence-electron chi connectivity index (χ0n) is 22.3. The Hall–Kier alpha value is -5.15. The topological polar surface area (TPSA) is 94.2 Å². The molecule has 0 bridgehead atoms. The fourth-order valence-electron chi connectivity index (χ4n) is 4.19. The molecule has 4 amide bonds. The van der Waals surface area contributed by atoms with Gasteiger partial charge >= 0.3 is 6.03 Å². The monoisotopic (exact) mass is 586 g/mol. The number of rotatable bonds is 9. The van der Waals surface area contributed by atoms with Crippen molar-refractivity contribution in [2.75, 3.05) is 12.0 Å². The number of carbonyl (C=O) groups is 3. The summed E-state index contributed by atoms with van der Waals surface area (Å²) >= 11 is 6.47. The molecule has 212 valence electrons. The molecule has 1 aliphatic rings. The molecule has 4 aromatic rings. The molecule has 1 fully saturated rings. The molecular formula is C32H24ClFN2O6. The highest BCUT2D eigenvalue weighted by Gasteiger charge is 2.37. The second-order valence-corrected chi connectivity index (χ2v) is 9.58. The van der Waals surface area contributed by atoms with E-state index in [1.54, 1.807) is 42.5 Å². The van der Waals surface area contributed by atoms with Gasteiger partial charge in [-0.2, -0.15) is 0 Å². The number of ether oxygens (including phenoxy) is 3.